The molecule has 0 aromatic carbocycles. The second-order valence-corrected chi connectivity index (χ2v) is 5.44. The standard InChI is InChI=1S/C13H18O2/c1-4-12(14)15-8-9-5-6-10-7-11(9)13(10,2)3/h1,9-11H,5-8H2,2-3H3/t9-,10+,11+/m1/s1. The fourth-order valence-corrected chi connectivity index (χ4v) is 3.39. The molecule has 0 spiro atoms. The summed E-state index contributed by atoms with van der Waals surface area (Å²) in [5, 5.41) is 0. The number of hydrogen-bond donors (Lipinski definition) is 0. The summed E-state index contributed by atoms with van der Waals surface area (Å²) < 4.78 is 5.04. The minimum Gasteiger partial charge on any atom is -0.456 e. The molecule has 2 nitrogen and oxygen atoms in total. The molecule has 3 rings (SSSR count). The molecule has 0 aliphatic heterocycles. The normalized spacial score (nSPS) is 36.2. The second kappa shape index (κ2) is 3.56. The maximum absolute atomic E-state index is 10.9. The zero-order chi connectivity index (χ0) is 11.1. The number of carbonyl (C=O) groups excluding carboxylic acids is 1. The van der Waals surface area contributed by atoms with E-state index in [1.165, 1.54) is 19.3 Å². The molecule has 0 amide bonds. The molecule has 2 heteroatoms. The largest absolute Gasteiger partial charge is 0.456 e. The summed E-state index contributed by atoms with van der Waals surface area (Å²) in [6, 6.07) is 0. The zero-order valence-electron chi connectivity index (χ0n) is 9.45. The summed E-state index contributed by atoms with van der Waals surface area (Å²) in [5.41, 5.74) is 0.450. The van der Waals surface area contributed by atoms with Gasteiger partial charge in [-0.1, -0.05) is 13.8 Å². The lowest BCUT2D eigenvalue weighted by Gasteiger charge is -2.59. The van der Waals surface area contributed by atoms with Crippen LogP contribution in [0.2, 0.25) is 0 Å². The van der Waals surface area contributed by atoms with Gasteiger partial charge in [-0.2, -0.15) is 0 Å². The third-order valence-corrected chi connectivity index (χ3v) is 4.55. The number of carbonyl (C=O) groups is 1. The van der Waals surface area contributed by atoms with Crippen LogP contribution in [-0.2, 0) is 9.53 Å². The summed E-state index contributed by atoms with van der Waals surface area (Å²) >= 11 is 0. The molecular weight excluding hydrogens is 188 g/mol. The second-order valence-electron chi connectivity index (χ2n) is 5.44. The van der Waals surface area contributed by atoms with Crippen LogP contribution in [0.15, 0.2) is 0 Å². The van der Waals surface area contributed by atoms with Crippen molar-refractivity contribution in [1.82, 2.24) is 0 Å². The Morgan fingerprint density at radius 1 is 1.53 bits per heavy atom. The summed E-state index contributed by atoms with van der Waals surface area (Å²) in [5.74, 6) is 3.62. The SMILES string of the molecule is C#CC(=O)OC[C@H]1CC[C@H]2C[C@@H]1C2(C)C. The van der Waals surface area contributed by atoms with Crippen LogP contribution in [0.5, 0.6) is 0 Å². The molecule has 3 aliphatic rings. The maximum atomic E-state index is 10.9. The van der Waals surface area contributed by atoms with E-state index in [0.29, 0.717) is 17.9 Å². The summed E-state index contributed by atoms with van der Waals surface area (Å²) in [6.45, 7) is 5.19. The zero-order valence-corrected chi connectivity index (χ0v) is 9.45. The van der Waals surface area contributed by atoms with Crippen molar-refractivity contribution in [2.75, 3.05) is 6.61 Å². The predicted octanol–water partition coefficient (Wildman–Crippen LogP) is 2.24. The minimum atomic E-state index is -0.519. The van der Waals surface area contributed by atoms with Gasteiger partial charge >= 0.3 is 5.97 Å². The van der Waals surface area contributed by atoms with E-state index in [2.05, 4.69) is 13.8 Å². The van der Waals surface area contributed by atoms with Crippen molar-refractivity contribution in [2.45, 2.75) is 33.1 Å². The molecule has 3 fully saturated rings. The fourth-order valence-electron chi connectivity index (χ4n) is 3.39. The first-order valence-corrected chi connectivity index (χ1v) is 5.69. The van der Waals surface area contributed by atoms with Gasteiger partial charge in [0.1, 0.15) is 0 Å². The Morgan fingerprint density at radius 2 is 2.27 bits per heavy atom. The Hall–Kier alpha value is -0.970. The lowest BCUT2D eigenvalue weighted by atomic mass is 9.46. The molecule has 0 aromatic heterocycles. The van der Waals surface area contributed by atoms with E-state index >= 15 is 0 Å². The number of ether oxygens (including phenoxy) is 1. The van der Waals surface area contributed by atoms with E-state index < -0.39 is 5.97 Å². The van der Waals surface area contributed by atoms with E-state index in [1.807, 2.05) is 5.92 Å². The van der Waals surface area contributed by atoms with Crippen LogP contribution < -0.4 is 0 Å². The van der Waals surface area contributed by atoms with Gasteiger partial charge in [0.05, 0.1) is 6.61 Å². The van der Waals surface area contributed by atoms with Crippen LogP contribution in [-0.4, -0.2) is 12.6 Å². The summed E-state index contributed by atoms with van der Waals surface area (Å²) in [4.78, 5) is 10.9. The molecule has 0 aromatic rings. The number of fused-ring (bicyclic) bond motifs is 2. The van der Waals surface area contributed by atoms with Crippen molar-refractivity contribution in [3.05, 3.63) is 0 Å². The smallest absolute Gasteiger partial charge is 0.384 e. The van der Waals surface area contributed by atoms with Gasteiger partial charge in [0, 0.05) is 5.92 Å². The van der Waals surface area contributed by atoms with E-state index in [0.717, 1.165) is 11.8 Å². The Morgan fingerprint density at radius 3 is 2.80 bits per heavy atom. The molecular formula is C13H18O2. The van der Waals surface area contributed by atoms with Crippen LogP contribution in [0.4, 0.5) is 0 Å². The Kier molecular flexibility index (Phi) is 2.50. The van der Waals surface area contributed by atoms with Gasteiger partial charge in [0.15, 0.2) is 0 Å². The number of terminal acetylenes is 1. The number of esters is 1. The predicted molar refractivity (Wildman–Crippen MR) is 57.9 cm³/mol. The van der Waals surface area contributed by atoms with Crippen molar-refractivity contribution in [1.29, 1.82) is 0 Å². The Bertz CT molecular complexity index is 309. The Labute approximate surface area is 91.4 Å². The first-order valence-electron chi connectivity index (χ1n) is 5.69. The lowest BCUT2D eigenvalue weighted by Crippen LogP contribution is -2.53. The van der Waals surface area contributed by atoms with Crippen LogP contribution >= 0.6 is 0 Å². The number of hydrogen-bond acceptors (Lipinski definition) is 2. The molecule has 15 heavy (non-hydrogen) atoms. The van der Waals surface area contributed by atoms with Crippen molar-refractivity contribution in [3.63, 3.8) is 0 Å². The van der Waals surface area contributed by atoms with E-state index in [4.69, 9.17) is 11.2 Å². The average Bonchev–Trinajstić information content (AvgIpc) is 2.25. The Balaban J connectivity index is 1.89. The number of rotatable bonds is 2. The van der Waals surface area contributed by atoms with E-state index in [9.17, 15) is 4.79 Å². The van der Waals surface area contributed by atoms with Crippen LogP contribution in [0.1, 0.15) is 33.1 Å². The highest BCUT2D eigenvalue weighted by Gasteiger charge is 2.54. The molecule has 0 saturated heterocycles. The molecule has 0 N–H and O–H groups in total. The maximum Gasteiger partial charge on any atom is 0.384 e. The van der Waals surface area contributed by atoms with Crippen molar-refractivity contribution in [2.24, 2.45) is 23.2 Å². The van der Waals surface area contributed by atoms with Crippen LogP contribution in [0, 0.1) is 35.5 Å². The summed E-state index contributed by atoms with van der Waals surface area (Å²) in [6.07, 6.45) is 8.74. The molecule has 2 bridgehead atoms. The van der Waals surface area contributed by atoms with Gasteiger partial charge in [-0.05, 0) is 42.4 Å². The van der Waals surface area contributed by atoms with Gasteiger partial charge in [-0.3, -0.25) is 0 Å². The lowest BCUT2D eigenvalue weighted by molar-refractivity contribution is -0.150. The third kappa shape index (κ3) is 1.65. The van der Waals surface area contributed by atoms with Gasteiger partial charge in [-0.15, -0.1) is 6.42 Å². The molecule has 3 saturated carbocycles. The third-order valence-electron chi connectivity index (χ3n) is 4.55. The van der Waals surface area contributed by atoms with Crippen LogP contribution in [0.25, 0.3) is 0 Å². The van der Waals surface area contributed by atoms with Crippen molar-refractivity contribution >= 4 is 5.97 Å². The van der Waals surface area contributed by atoms with E-state index in [1.54, 1.807) is 0 Å². The van der Waals surface area contributed by atoms with Gasteiger partial charge in [-0.25, -0.2) is 4.79 Å². The monoisotopic (exact) mass is 206 g/mol. The highest BCUT2D eigenvalue weighted by atomic mass is 16.5. The quantitative estimate of drug-likeness (QED) is 0.393. The van der Waals surface area contributed by atoms with Gasteiger partial charge in [0.25, 0.3) is 0 Å². The van der Waals surface area contributed by atoms with Gasteiger partial charge < -0.3 is 4.74 Å². The summed E-state index contributed by atoms with van der Waals surface area (Å²) in [7, 11) is 0. The minimum absolute atomic E-state index is 0.450. The molecule has 0 heterocycles. The molecule has 0 radical (unpaired) electrons. The first kappa shape index (κ1) is 10.5. The van der Waals surface area contributed by atoms with Crippen molar-refractivity contribution < 1.29 is 9.53 Å². The highest BCUT2D eigenvalue weighted by molar-refractivity contribution is 5.87. The van der Waals surface area contributed by atoms with Gasteiger partial charge in [0.2, 0.25) is 0 Å². The first-order chi connectivity index (χ1) is 7.05. The van der Waals surface area contributed by atoms with Crippen LogP contribution in [0.3, 0.4) is 0 Å². The molecule has 3 atom stereocenters. The molecule has 0 unspecified atom stereocenters. The highest BCUT2D eigenvalue weighted by Crippen LogP contribution is 2.61. The molecule has 3 aliphatic carbocycles. The van der Waals surface area contributed by atoms with Crippen molar-refractivity contribution in [3.8, 4) is 12.3 Å². The average molecular weight is 206 g/mol. The topological polar surface area (TPSA) is 26.3 Å². The molecule has 82 valence electrons. The fraction of sp³-hybridized carbons (Fsp3) is 0.769. The van der Waals surface area contributed by atoms with E-state index in [-0.39, 0.29) is 0 Å².